The van der Waals surface area contributed by atoms with Gasteiger partial charge in [-0.2, -0.15) is 0 Å². The summed E-state index contributed by atoms with van der Waals surface area (Å²) in [6, 6.07) is 11.1. The molecule has 2 aliphatic rings. The van der Waals surface area contributed by atoms with Crippen LogP contribution >= 0.6 is 11.3 Å². The predicted octanol–water partition coefficient (Wildman–Crippen LogP) is 2.02. The maximum atomic E-state index is 13.0. The summed E-state index contributed by atoms with van der Waals surface area (Å²) in [7, 11) is 0. The number of β-amino-alcohol motifs (C(OH)–C–C–N with tert-alkyl or cyclic N) is 1. The normalized spacial score (nSPS) is 22.7. The van der Waals surface area contributed by atoms with E-state index in [2.05, 4.69) is 5.32 Å². The van der Waals surface area contributed by atoms with E-state index in [4.69, 9.17) is 4.74 Å². The SMILES string of the molecule is O=C1N[C@]2(CCc3ccccc32)C(=O)N1C[C@H](O)COCc1cccs1. The third-order valence-corrected chi connectivity index (χ3v) is 5.80. The van der Waals surface area contributed by atoms with Gasteiger partial charge in [-0.15, -0.1) is 11.3 Å². The Bertz CT molecular complexity index is 823. The van der Waals surface area contributed by atoms with Gasteiger partial charge in [0.15, 0.2) is 0 Å². The quantitative estimate of drug-likeness (QED) is 0.761. The van der Waals surface area contributed by atoms with Crippen LogP contribution in [-0.2, 0) is 28.1 Å². The number of thiophene rings is 1. The number of fused-ring (bicyclic) bond motifs is 2. The van der Waals surface area contributed by atoms with Crippen molar-refractivity contribution in [1.29, 1.82) is 0 Å². The molecule has 2 atom stereocenters. The lowest BCUT2D eigenvalue weighted by Gasteiger charge is -2.23. The van der Waals surface area contributed by atoms with Crippen LogP contribution in [0.1, 0.15) is 22.4 Å². The minimum Gasteiger partial charge on any atom is -0.389 e. The highest BCUT2D eigenvalue weighted by Gasteiger charge is 2.55. The lowest BCUT2D eigenvalue weighted by Crippen LogP contribution is -2.43. The molecule has 0 unspecified atom stereocenters. The van der Waals surface area contributed by atoms with Crippen LogP contribution in [0.3, 0.4) is 0 Å². The minimum absolute atomic E-state index is 0.0680. The average molecular weight is 372 g/mol. The molecule has 4 rings (SSSR count). The van der Waals surface area contributed by atoms with Crippen molar-refractivity contribution in [2.75, 3.05) is 13.2 Å². The van der Waals surface area contributed by atoms with Gasteiger partial charge < -0.3 is 15.2 Å². The van der Waals surface area contributed by atoms with Crippen LogP contribution in [-0.4, -0.2) is 41.2 Å². The number of aliphatic hydroxyl groups is 1. The zero-order valence-corrected chi connectivity index (χ0v) is 15.0. The Balaban J connectivity index is 1.40. The van der Waals surface area contributed by atoms with Gasteiger partial charge in [0.05, 0.1) is 25.9 Å². The molecule has 0 saturated carbocycles. The molecule has 1 aliphatic heterocycles. The van der Waals surface area contributed by atoms with Gasteiger partial charge in [0.1, 0.15) is 5.54 Å². The average Bonchev–Trinajstić information content (AvgIpc) is 3.33. The molecule has 1 aromatic heterocycles. The number of urea groups is 1. The van der Waals surface area contributed by atoms with E-state index in [-0.39, 0.29) is 19.1 Å². The topological polar surface area (TPSA) is 78.9 Å². The molecule has 136 valence electrons. The third-order valence-electron chi connectivity index (χ3n) is 4.95. The molecule has 6 nitrogen and oxygen atoms in total. The zero-order valence-electron chi connectivity index (χ0n) is 14.2. The fraction of sp³-hybridized carbons (Fsp3) is 0.368. The summed E-state index contributed by atoms with van der Waals surface area (Å²) in [6.07, 6.45) is 0.387. The highest BCUT2D eigenvalue weighted by molar-refractivity contribution is 7.09. The van der Waals surface area contributed by atoms with E-state index in [0.717, 1.165) is 27.3 Å². The van der Waals surface area contributed by atoms with E-state index < -0.39 is 17.7 Å². The molecule has 26 heavy (non-hydrogen) atoms. The Hall–Kier alpha value is -2.22. The van der Waals surface area contributed by atoms with E-state index in [0.29, 0.717) is 13.0 Å². The fourth-order valence-corrected chi connectivity index (χ4v) is 4.35. The van der Waals surface area contributed by atoms with Gasteiger partial charge >= 0.3 is 6.03 Å². The second-order valence-electron chi connectivity index (χ2n) is 6.66. The van der Waals surface area contributed by atoms with Crippen molar-refractivity contribution < 1.29 is 19.4 Å². The number of ether oxygens (including phenoxy) is 1. The molecule has 1 spiro atoms. The summed E-state index contributed by atoms with van der Waals surface area (Å²) in [4.78, 5) is 27.6. The van der Waals surface area contributed by atoms with Crippen molar-refractivity contribution in [3.05, 3.63) is 57.8 Å². The first kappa shape index (κ1) is 17.2. The minimum atomic E-state index is -0.981. The molecule has 1 saturated heterocycles. The molecular formula is C19H20N2O4S. The Morgan fingerprint density at radius 3 is 2.92 bits per heavy atom. The van der Waals surface area contributed by atoms with Crippen molar-refractivity contribution in [3.63, 3.8) is 0 Å². The van der Waals surface area contributed by atoms with Crippen molar-refractivity contribution in [1.82, 2.24) is 10.2 Å². The molecule has 1 aromatic carbocycles. The van der Waals surface area contributed by atoms with E-state index >= 15 is 0 Å². The zero-order chi connectivity index (χ0) is 18.1. The number of hydrogen-bond donors (Lipinski definition) is 2. The number of hydrogen-bond acceptors (Lipinski definition) is 5. The number of rotatable bonds is 6. The monoisotopic (exact) mass is 372 g/mol. The standard InChI is InChI=1S/C19H20N2O4S/c22-14(11-25-12-15-5-3-9-26-15)10-21-17(23)19(20-18(21)24)8-7-13-4-1-2-6-16(13)19/h1-6,9,14,22H,7-8,10-12H2,(H,20,24)/t14-,19-/m0/s1. The number of carbonyl (C=O) groups is 2. The number of amides is 3. The van der Waals surface area contributed by atoms with Crippen LogP contribution in [0.4, 0.5) is 4.79 Å². The smallest absolute Gasteiger partial charge is 0.325 e. The van der Waals surface area contributed by atoms with Gasteiger partial charge in [-0.1, -0.05) is 30.3 Å². The number of benzene rings is 1. The second-order valence-corrected chi connectivity index (χ2v) is 7.69. The van der Waals surface area contributed by atoms with E-state index in [1.807, 2.05) is 41.8 Å². The van der Waals surface area contributed by atoms with E-state index in [1.165, 1.54) is 0 Å². The molecule has 0 radical (unpaired) electrons. The summed E-state index contributed by atoms with van der Waals surface area (Å²) in [5.41, 5.74) is 0.970. The van der Waals surface area contributed by atoms with Crippen LogP contribution in [0.5, 0.6) is 0 Å². The number of nitrogens with zero attached hydrogens (tertiary/aromatic N) is 1. The number of carbonyl (C=O) groups excluding carboxylic acids is 2. The summed E-state index contributed by atoms with van der Waals surface area (Å²) in [5.74, 6) is -0.287. The van der Waals surface area contributed by atoms with Gasteiger partial charge in [0.25, 0.3) is 5.91 Å². The van der Waals surface area contributed by atoms with Gasteiger partial charge in [-0.25, -0.2) is 4.79 Å². The second kappa shape index (κ2) is 6.83. The van der Waals surface area contributed by atoms with Crippen molar-refractivity contribution in [3.8, 4) is 0 Å². The molecule has 3 amide bonds. The summed E-state index contributed by atoms with van der Waals surface area (Å²) < 4.78 is 5.48. The highest BCUT2D eigenvalue weighted by Crippen LogP contribution is 2.41. The first-order valence-electron chi connectivity index (χ1n) is 8.61. The highest BCUT2D eigenvalue weighted by atomic mass is 32.1. The van der Waals surface area contributed by atoms with Gasteiger partial charge in [0.2, 0.25) is 0 Å². The largest absolute Gasteiger partial charge is 0.389 e. The summed E-state index contributed by atoms with van der Waals surface area (Å²) in [5, 5.41) is 15.0. The lowest BCUT2D eigenvalue weighted by molar-refractivity contribution is -0.133. The Morgan fingerprint density at radius 1 is 1.27 bits per heavy atom. The van der Waals surface area contributed by atoms with Crippen molar-refractivity contribution in [2.45, 2.75) is 31.1 Å². The number of aliphatic hydroxyl groups excluding tert-OH is 1. The van der Waals surface area contributed by atoms with Crippen LogP contribution in [0.25, 0.3) is 0 Å². The molecule has 1 aliphatic carbocycles. The predicted molar refractivity (Wildman–Crippen MR) is 96.7 cm³/mol. The molecule has 7 heteroatoms. The van der Waals surface area contributed by atoms with Crippen LogP contribution in [0.15, 0.2) is 41.8 Å². The summed E-state index contributed by atoms with van der Waals surface area (Å²) in [6.45, 7) is 0.407. The van der Waals surface area contributed by atoms with Crippen LogP contribution < -0.4 is 5.32 Å². The Kier molecular flexibility index (Phi) is 4.52. The van der Waals surface area contributed by atoms with Crippen molar-refractivity contribution >= 4 is 23.3 Å². The molecule has 2 aromatic rings. The molecule has 2 heterocycles. The van der Waals surface area contributed by atoms with Crippen LogP contribution in [0.2, 0.25) is 0 Å². The fourth-order valence-electron chi connectivity index (χ4n) is 3.71. The van der Waals surface area contributed by atoms with E-state index in [9.17, 15) is 14.7 Å². The van der Waals surface area contributed by atoms with Crippen LogP contribution in [0, 0.1) is 0 Å². The molecular weight excluding hydrogens is 352 g/mol. The van der Waals surface area contributed by atoms with Gasteiger partial charge in [0, 0.05) is 4.88 Å². The third kappa shape index (κ3) is 2.92. The number of imide groups is 1. The maximum absolute atomic E-state index is 13.0. The first-order valence-corrected chi connectivity index (χ1v) is 9.49. The first-order chi connectivity index (χ1) is 12.6. The number of aryl methyl sites for hydroxylation is 1. The lowest BCUT2D eigenvalue weighted by atomic mass is 9.92. The van der Waals surface area contributed by atoms with E-state index in [1.54, 1.807) is 11.3 Å². The number of nitrogens with one attached hydrogen (secondary N) is 1. The van der Waals surface area contributed by atoms with Crippen molar-refractivity contribution in [2.24, 2.45) is 0 Å². The maximum Gasteiger partial charge on any atom is 0.325 e. The molecule has 1 fully saturated rings. The van der Waals surface area contributed by atoms with Gasteiger partial charge in [-0.3, -0.25) is 9.69 Å². The molecule has 2 N–H and O–H groups in total. The molecule has 0 bridgehead atoms. The Labute approximate surface area is 155 Å². The van der Waals surface area contributed by atoms with Gasteiger partial charge in [-0.05, 0) is 35.4 Å². The Morgan fingerprint density at radius 2 is 2.12 bits per heavy atom. The summed E-state index contributed by atoms with van der Waals surface area (Å²) >= 11 is 1.58.